The van der Waals surface area contributed by atoms with Crippen molar-refractivity contribution in [1.29, 1.82) is 0 Å². The summed E-state index contributed by atoms with van der Waals surface area (Å²) < 4.78 is 11.3. The van der Waals surface area contributed by atoms with Gasteiger partial charge in [-0.2, -0.15) is 10.2 Å². The third kappa shape index (κ3) is 4.74. The minimum absolute atomic E-state index is 0.667. The molecule has 3 heterocycles. The van der Waals surface area contributed by atoms with E-state index in [9.17, 15) is 0 Å². The van der Waals surface area contributed by atoms with Gasteiger partial charge in [-0.25, -0.2) is 0 Å². The highest BCUT2D eigenvalue weighted by atomic mass is 79.9. The Labute approximate surface area is 190 Å². The van der Waals surface area contributed by atoms with E-state index in [1.807, 2.05) is 11.6 Å². The van der Waals surface area contributed by atoms with Crippen LogP contribution < -0.4 is 0 Å². The highest BCUT2D eigenvalue weighted by molar-refractivity contribution is 9.10. The van der Waals surface area contributed by atoms with Crippen LogP contribution in [-0.2, 0) is 17.8 Å². The third-order valence-corrected chi connectivity index (χ3v) is 6.99. The van der Waals surface area contributed by atoms with Crippen LogP contribution in [0, 0.1) is 18.6 Å². The monoisotopic (exact) mass is 490 g/mol. The van der Waals surface area contributed by atoms with Crippen LogP contribution in [0.5, 0.6) is 0 Å². The normalized spacial score (nSPS) is 15.0. The number of aromatic nitrogens is 5. The van der Waals surface area contributed by atoms with Crippen molar-refractivity contribution in [1.82, 2.24) is 29.4 Å². The molecule has 160 valence electrons. The van der Waals surface area contributed by atoms with Crippen molar-refractivity contribution >= 4 is 28.1 Å². The maximum atomic E-state index is 5.51. The summed E-state index contributed by atoms with van der Waals surface area (Å²) in [5.41, 5.74) is 4.37. The van der Waals surface area contributed by atoms with E-state index in [4.69, 9.17) is 17.0 Å². The fourth-order valence-electron chi connectivity index (χ4n) is 3.83. The predicted molar refractivity (Wildman–Crippen MR) is 123 cm³/mol. The molecule has 0 unspecified atom stereocenters. The Morgan fingerprint density at radius 3 is 2.73 bits per heavy atom. The SMILES string of the molecule is Cc1nn(Cc2cccc(-c3n[nH]c(=S)n3CCCN3CCOCC3)c2)c(C)c1Br. The highest BCUT2D eigenvalue weighted by Gasteiger charge is 2.14. The fourth-order valence-corrected chi connectivity index (χ4v) is 4.34. The van der Waals surface area contributed by atoms with Crippen LogP contribution in [0.15, 0.2) is 28.7 Å². The van der Waals surface area contributed by atoms with Crippen LogP contribution in [0.3, 0.4) is 0 Å². The number of hydrogen-bond donors (Lipinski definition) is 1. The number of H-pyrrole nitrogens is 1. The van der Waals surface area contributed by atoms with E-state index in [2.05, 4.69) is 71.9 Å². The van der Waals surface area contributed by atoms with Crippen molar-refractivity contribution in [2.24, 2.45) is 0 Å². The van der Waals surface area contributed by atoms with Gasteiger partial charge in [0.25, 0.3) is 0 Å². The Morgan fingerprint density at radius 2 is 2.00 bits per heavy atom. The van der Waals surface area contributed by atoms with Gasteiger partial charge in [0, 0.05) is 31.7 Å². The lowest BCUT2D eigenvalue weighted by molar-refractivity contribution is 0.0369. The van der Waals surface area contributed by atoms with E-state index >= 15 is 0 Å². The molecule has 4 rings (SSSR count). The van der Waals surface area contributed by atoms with Crippen LogP contribution in [0.4, 0.5) is 0 Å². The molecule has 0 radical (unpaired) electrons. The van der Waals surface area contributed by atoms with Gasteiger partial charge in [0.1, 0.15) is 0 Å². The topological polar surface area (TPSA) is 63.9 Å². The standard InChI is InChI=1S/C21H27BrN6OS/c1-15-19(22)16(2)28(25-15)14-17-5-3-6-18(13-17)20-23-24-21(30)27(20)8-4-7-26-9-11-29-12-10-26/h3,5-6,13H,4,7-12,14H2,1-2H3,(H,24,30). The van der Waals surface area contributed by atoms with Gasteiger partial charge >= 0.3 is 0 Å². The van der Waals surface area contributed by atoms with Crippen LogP contribution >= 0.6 is 28.1 Å². The molecule has 1 fully saturated rings. The zero-order valence-corrected chi connectivity index (χ0v) is 19.8. The lowest BCUT2D eigenvalue weighted by Gasteiger charge is -2.26. The lowest BCUT2D eigenvalue weighted by Crippen LogP contribution is -2.37. The summed E-state index contributed by atoms with van der Waals surface area (Å²) >= 11 is 9.11. The molecule has 1 aliphatic rings. The minimum atomic E-state index is 0.667. The van der Waals surface area contributed by atoms with Crippen LogP contribution in [0.25, 0.3) is 11.4 Å². The molecule has 0 saturated carbocycles. The molecule has 3 aromatic rings. The molecular formula is C21H27BrN6OS. The van der Waals surface area contributed by atoms with Crippen LogP contribution in [-0.4, -0.2) is 62.3 Å². The first kappa shape index (κ1) is 21.4. The molecule has 0 amide bonds. The van der Waals surface area contributed by atoms with E-state index < -0.39 is 0 Å². The smallest absolute Gasteiger partial charge is 0.195 e. The van der Waals surface area contributed by atoms with E-state index in [1.165, 1.54) is 5.56 Å². The molecule has 1 aliphatic heterocycles. The fraction of sp³-hybridized carbons (Fsp3) is 0.476. The zero-order valence-electron chi connectivity index (χ0n) is 17.4. The molecule has 2 aromatic heterocycles. The van der Waals surface area contributed by atoms with Gasteiger partial charge in [-0.15, -0.1) is 0 Å². The second kappa shape index (κ2) is 9.55. The van der Waals surface area contributed by atoms with E-state index in [-0.39, 0.29) is 0 Å². The van der Waals surface area contributed by atoms with Gasteiger partial charge in [-0.1, -0.05) is 18.2 Å². The number of benzene rings is 1. The van der Waals surface area contributed by atoms with Gasteiger partial charge in [-0.05, 0) is 60.0 Å². The molecule has 7 nitrogen and oxygen atoms in total. The van der Waals surface area contributed by atoms with Crippen molar-refractivity contribution in [3.05, 3.63) is 50.5 Å². The highest BCUT2D eigenvalue weighted by Crippen LogP contribution is 2.23. The predicted octanol–water partition coefficient (Wildman–Crippen LogP) is 3.95. The maximum absolute atomic E-state index is 5.51. The van der Waals surface area contributed by atoms with Crippen molar-refractivity contribution in [3.8, 4) is 11.4 Å². The number of nitrogens with zero attached hydrogens (tertiary/aromatic N) is 5. The largest absolute Gasteiger partial charge is 0.379 e. The summed E-state index contributed by atoms with van der Waals surface area (Å²) in [6.07, 6.45) is 1.03. The number of morpholine rings is 1. The Morgan fingerprint density at radius 1 is 1.20 bits per heavy atom. The second-order valence-corrected chi connectivity index (χ2v) is 8.83. The molecule has 0 aliphatic carbocycles. The number of ether oxygens (including phenoxy) is 1. The molecule has 0 spiro atoms. The summed E-state index contributed by atoms with van der Waals surface area (Å²) in [7, 11) is 0. The summed E-state index contributed by atoms with van der Waals surface area (Å²) in [5.74, 6) is 0.887. The van der Waals surface area contributed by atoms with Crippen molar-refractivity contribution in [3.63, 3.8) is 0 Å². The van der Waals surface area contributed by atoms with E-state index in [1.54, 1.807) is 0 Å². The molecule has 30 heavy (non-hydrogen) atoms. The Hall–Kier alpha value is -1.81. The first-order valence-electron chi connectivity index (χ1n) is 10.3. The molecule has 1 N–H and O–H groups in total. The third-order valence-electron chi connectivity index (χ3n) is 5.53. The average Bonchev–Trinajstić information content (AvgIpc) is 3.24. The molecule has 9 heteroatoms. The number of rotatable bonds is 7. The van der Waals surface area contributed by atoms with E-state index in [0.717, 1.165) is 73.1 Å². The quantitative estimate of drug-likeness (QED) is 0.507. The summed E-state index contributed by atoms with van der Waals surface area (Å²) in [4.78, 5) is 2.44. The molecule has 0 bridgehead atoms. The molecule has 1 saturated heterocycles. The summed E-state index contributed by atoms with van der Waals surface area (Å²) in [6.45, 7) is 10.4. The zero-order chi connectivity index (χ0) is 21.1. The van der Waals surface area contributed by atoms with Crippen molar-refractivity contribution in [2.45, 2.75) is 33.4 Å². The van der Waals surface area contributed by atoms with E-state index in [0.29, 0.717) is 11.3 Å². The van der Waals surface area contributed by atoms with Crippen molar-refractivity contribution in [2.75, 3.05) is 32.8 Å². The van der Waals surface area contributed by atoms with Gasteiger partial charge in [0.05, 0.1) is 35.6 Å². The number of nitrogens with one attached hydrogen (secondary N) is 1. The van der Waals surface area contributed by atoms with Gasteiger partial charge < -0.3 is 9.30 Å². The average molecular weight is 491 g/mol. The molecular weight excluding hydrogens is 464 g/mol. The first-order valence-corrected chi connectivity index (χ1v) is 11.5. The summed E-state index contributed by atoms with van der Waals surface area (Å²) in [6, 6.07) is 8.46. The second-order valence-electron chi connectivity index (χ2n) is 7.65. The number of hydrogen-bond acceptors (Lipinski definition) is 5. The Bertz CT molecular complexity index is 1070. The van der Waals surface area contributed by atoms with Crippen LogP contribution in [0.1, 0.15) is 23.4 Å². The van der Waals surface area contributed by atoms with Gasteiger partial charge in [0.2, 0.25) is 0 Å². The first-order chi connectivity index (χ1) is 14.5. The Kier molecular flexibility index (Phi) is 6.82. The molecule has 1 aromatic carbocycles. The summed E-state index contributed by atoms with van der Waals surface area (Å²) in [5, 5.41) is 12.1. The maximum Gasteiger partial charge on any atom is 0.195 e. The Balaban J connectivity index is 1.49. The van der Waals surface area contributed by atoms with Gasteiger partial charge in [0.15, 0.2) is 10.6 Å². The minimum Gasteiger partial charge on any atom is -0.379 e. The molecule has 0 atom stereocenters. The lowest BCUT2D eigenvalue weighted by atomic mass is 10.1. The number of aromatic amines is 1. The van der Waals surface area contributed by atoms with Gasteiger partial charge in [-0.3, -0.25) is 14.7 Å². The van der Waals surface area contributed by atoms with Crippen LogP contribution in [0.2, 0.25) is 0 Å². The van der Waals surface area contributed by atoms with Crippen molar-refractivity contribution < 1.29 is 4.74 Å². The number of halogens is 1. The number of aryl methyl sites for hydroxylation is 1.